The molecule has 0 radical (unpaired) electrons. The second kappa shape index (κ2) is 11.9. The fourth-order valence-electron chi connectivity index (χ4n) is 2.09. The number of ether oxygens (including phenoxy) is 1. The Hall–Kier alpha value is -2.62. The Morgan fingerprint density at radius 1 is 1.04 bits per heavy atom. The van der Waals surface area contributed by atoms with Crippen LogP contribution in [-0.2, 0) is 16.0 Å². The van der Waals surface area contributed by atoms with Gasteiger partial charge in [0, 0.05) is 19.2 Å². The van der Waals surface area contributed by atoms with Crippen LogP contribution < -0.4 is 5.32 Å². The summed E-state index contributed by atoms with van der Waals surface area (Å²) >= 11 is 0. The van der Waals surface area contributed by atoms with Crippen LogP contribution in [0.15, 0.2) is 54.6 Å². The molecule has 0 aromatic heterocycles. The monoisotopic (exact) mass is 327 g/mol. The summed E-state index contributed by atoms with van der Waals surface area (Å²) in [4.78, 5) is 21.0. The molecule has 2 aromatic carbocycles. The molecule has 0 aliphatic rings. The van der Waals surface area contributed by atoms with E-state index in [0.717, 1.165) is 31.2 Å². The summed E-state index contributed by atoms with van der Waals surface area (Å²) in [6.07, 6.45) is 4.91. The maximum absolute atomic E-state index is 11.0. The van der Waals surface area contributed by atoms with Gasteiger partial charge in [0.05, 0.1) is 12.7 Å². The molecule has 4 nitrogen and oxygen atoms in total. The van der Waals surface area contributed by atoms with Crippen LogP contribution in [0.1, 0.15) is 35.2 Å². The van der Waals surface area contributed by atoms with Crippen LogP contribution in [0.5, 0.6) is 0 Å². The first-order valence-electron chi connectivity index (χ1n) is 8.05. The van der Waals surface area contributed by atoms with E-state index < -0.39 is 0 Å². The van der Waals surface area contributed by atoms with Gasteiger partial charge < -0.3 is 14.8 Å². The molecule has 0 fully saturated rings. The Bertz CT molecular complexity index is 594. The number of esters is 1. The van der Waals surface area contributed by atoms with Crippen molar-refractivity contribution in [2.45, 2.75) is 25.7 Å². The predicted molar refractivity (Wildman–Crippen MR) is 97.4 cm³/mol. The quantitative estimate of drug-likeness (QED) is 0.472. The summed E-state index contributed by atoms with van der Waals surface area (Å²) < 4.78 is 4.55. The standard InChI is InChI=1S/C11H14O.C9H11NO2/c12-10-6-2-5-9-11-7-3-1-4-8-11;1-10-8-5-3-7(4-6-8)9(11)12-2/h1,3-4,7-8,10H,2,5-6,9H2;3-6,10H,1-2H3. The molecule has 0 spiro atoms. The second-order valence-corrected chi connectivity index (χ2v) is 5.22. The van der Waals surface area contributed by atoms with Crippen LogP contribution in [0.2, 0.25) is 0 Å². The third-order valence-electron chi connectivity index (χ3n) is 3.47. The topological polar surface area (TPSA) is 55.4 Å². The number of hydrogen-bond donors (Lipinski definition) is 1. The number of aryl methyl sites for hydroxylation is 1. The lowest BCUT2D eigenvalue weighted by Crippen LogP contribution is -2.00. The first-order valence-corrected chi connectivity index (χ1v) is 8.05. The molecule has 0 amide bonds. The zero-order chi connectivity index (χ0) is 17.6. The van der Waals surface area contributed by atoms with E-state index in [1.807, 2.05) is 25.2 Å². The Morgan fingerprint density at radius 2 is 1.71 bits per heavy atom. The number of carbonyl (C=O) groups excluding carboxylic acids is 2. The lowest BCUT2D eigenvalue weighted by molar-refractivity contribution is -0.107. The SMILES string of the molecule is CNc1ccc(C(=O)OC)cc1.O=CCCCCc1ccccc1. The van der Waals surface area contributed by atoms with Crippen LogP contribution >= 0.6 is 0 Å². The molecule has 0 unspecified atom stereocenters. The number of aldehydes is 1. The Morgan fingerprint density at radius 3 is 2.25 bits per heavy atom. The van der Waals surface area contributed by atoms with E-state index in [2.05, 4.69) is 34.3 Å². The summed E-state index contributed by atoms with van der Waals surface area (Å²) in [5, 5.41) is 2.96. The van der Waals surface area contributed by atoms with Crippen LogP contribution in [0.25, 0.3) is 0 Å². The number of carbonyl (C=O) groups is 2. The first-order chi connectivity index (χ1) is 11.7. The van der Waals surface area contributed by atoms with E-state index in [-0.39, 0.29) is 5.97 Å². The third kappa shape index (κ3) is 7.58. The molecule has 128 valence electrons. The molecule has 1 N–H and O–H groups in total. The molecular formula is C20H25NO3. The van der Waals surface area contributed by atoms with Crippen LogP contribution in [0.4, 0.5) is 5.69 Å². The third-order valence-corrected chi connectivity index (χ3v) is 3.47. The van der Waals surface area contributed by atoms with E-state index >= 15 is 0 Å². The van der Waals surface area contributed by atoms with Crippen molar-refractivity contribution >= 4 is 17.9 Å². The predicted octanol–water partition coefficient (Wildman–Crippen LogP) is 4.11. The minimum atomic E-state index is -0.308. The van der Waals surface area contributed by atoms with Gasteiger partial charge in [-0.15, -0.1) is 0 Å². The zero-order valence-electron chi connectivity index (χ0n) is 14.3. The average Bonchev–Trinajstić information content (AvgIpc) is 2.66. The van der Waals surface area contributed by atoms with E-state index in [4.69, 9.17) is 0 Å². The van der Waals surface area contributed by atoms with Crippen molar-refractivity contribution < 1.29 is 14.3 Å². The summed E-state index contributed by atoms with van der Waals surface area (Å²) in [6, 6.07) is 17.5. The molecule has 4 heteroatoms. The zero-order valence-corrected chi connectivity index (χ0v) is 14.3. The average molecular weight is 327 g/mol. The number of rotatable bonds is 7. The fourth-order valence-corrected chi connectivity index (χ4v) is 2.09. The molecule has 0 saturated carbocycles. The largest absolute Gasteiger partial charge is 0.465 e. The maximum atomic E-state index is 11.0. The Kier molecular flexibility index (Phi) is 9.62. The minimum Gasteiger partial charge on any atom is -0.465 e. The fraction of sp³-hybridized carbons (Fsp3) is 0.300. The molecule has 2 rings (SSSR count). The Labute approximate surface area is 143 Å². The minimum absolute atomic E-state index is 0.308. The second-order valence-electron chi connectivity index (χ2n) is 5.22. The van der Waals surface area contributed by atoms with Crippen molar-refractivity contribution in [2.75, 3.05) is 19.5 Å². The van der Waals surface area contributed by atoms with E-state index in [1.54, 1.807) is 12.1 Å². The number of hydrogen-bond acceptors (Lipinski definition) is 4. The highest BCUT2D eigenvalue weighted by atomic mass is 16.5. The normalized spacial score (nSPS) is 9.42. The lowest BCUT2D eigenvalue weighted by atomic mass is 10.1. The maximum Gasteiger partial charge on any atom is 0.337 e. The number of benzene rings is 2. The van der Waals surface area contributed by atoms with Crippen molar-refractivity contribution in [3.63, 3.8) is 0 Å². The van der Waals surface area contributed by atoms with Gasteiger partial charge in [-0.25, -0.2) is 4.79 Å². The lowest BCUT2D eigenvalue weighted by Gasteiger charge is -2.01. The molecule has 24 heavy (non-hydrogen) atoms. The highest BCUT2D eigenvalue weighted by Gasteiger charge is 2.02. The molecular weight excluding hydrogens is 302 g/mol. The summed E-state index contributed by atoms with van der Waals surface area (Å²) in [7, 11) is 3.20. The van der Waals surface area contributed by atoms with E-state index in [0.29, 0.717) is 12.0 Å². The van der Waals surface area contributed by atoms with Crippen LogP contribution in [0.3, 0.4) is 0 Å². The van der Waals surface area contributed by atoms with Gasteiger partial charge in [0.2, 0.25) is 0 Å². The van der Waals surface area contributed by atoms with Gasteiger partial charge in [-0.05, 0) is 49.1 Å². The highest BCUT2D eigenvalue weighted by Crippen LogP contribution is 2.09. The summed E-state index contributed by atoms with van der Waals surface area (Å²) in [5.74, 6) is -0.308. The number of anilines is 1. The van der Waals surface area contributed by atoms with E-state index in [9.17, 15) is 9.59 Å². The van der Waals surface area contributed by atoms with Gasteiger partial charge in [-0.2, -0.15) is 0 Å². The molecule has 0 heterocycles. The van der Waals surface area contributed by atoms with Gasteiger partial charge in [-0.3, -0.25) is 0 Å². The Balaban J connectivity index is 0.000000240. The molecule has 2 aromatic rings. The highest BCUT2D eigenvalue weighted by molar-refractivity contribution is 5.89. The molecule has 0 atom stereocenters. The number of nitrogens with one attached hydrogen (secondary N) is 1. The van der Waals surface area contributed by atoms with Crippen LogP contribution in [0, 0.1) is 0 Å². The van der Waals surface area contributed by atoms with Gasteiger partial charge in [0.1, 0.15) is 6.29 Å². The molecule has 0 saturated heterocycles. The van der Waals surface area contributed by atoms with Gasteiger partial charge >= 0.3 is 5.97 Å². The first kappa shape index (κ1) is 19.4. The summed E-state index contributed by atoms with van der Waals surface area (Å²) in [5.41, 5.74) is 2.91. The number of unbranched alkanes of at least 4 members (excludes halogenated alkanes) is 2. The van der Waals surface area contributed by atoms with Crippen LogP contribution in [-0.4, -0.2) is 26.4 Å². The van der Waals surface area contributed by atoms with Gasteiger partial charge in [0.15, 0.2) is 0 Å². The van der Waals surface area contributed by atoms with Crippen molar-refractivity contribution in [3.05, 3.63) is 65.7 Å². The van der Waals surface area contributed by atoms with Crippen molar-refractivity contribution in [1.82, 2.24) is 0 Å². The molecule has 0 aliphatic heterocycles. The van der Waals surface area contributed by atoms with Gasteiger partial charge in [-0.1, -0.05) is 30.3 Å². The summed E-state index contributed by atoms with van der Waals surface area (Å²) in [6.45, 7) is 0. The van der Waals surface area contributed by atoms with E-state index in [1.165, 1.54) is 12.7 Å². The molecule has 0 aliphatic carbocycles. The van der Waals surface area contributed by atoms with Crippen molar-refractivity contribution in [2.24, 2.45) is 0 Å². The number of methoxy groups -OCH3 is 1. The van der Waals surface area contributed by atoms with Gasteiger partial charge in [0.25, 0.3) is 0 Å². The molecule has 0 bridgehead atoms. The van der Waals surface area contributed by atoms with Crippen molar-refractivity contribution in [3.8, 4) is 0 Å². The smallest absolute Gasteiger partial charge is 0.337 e. The van der Waals surface area contributed by atoms with Crippen molar-refractivity contribution in [1.29, 1.82) is 0 Å².